The number of thioether (sulfide) groups is 1. The van der Waals surface area contributed by atoms with E-state index in [1.54, 1.807) is 4.90 Å². The van der Waals surface area contributed by atoms with Gasteiger partial charge in [0.05, 0.1) is 0 Å². The number of nitrogens with one attached hydrogen (secondary N) is 1. The average molecular weight is 244 g/mol. The first-order valence-corrected chi connectivity index (χ1v) is 7.21. The van der Waals surface area contributed by atoms with Crippen molar-refractivity contribution in [2.75, 3.05) is 25.1 Å². The van der Waals surface area contributed by atoms with Crippen molar-refractivity contribution in [2.24, 2.45) is 0 Å². The maximum atomic E-state index is 11.4. The van der Waals surface area contributed by atoms with E-state index < -0.39 is 0 Å². The van der Waals surface area contributed by atoms with E-state index >= 15 is 0 Å². The lowest BCUT2D eigenvalue weighted by Crippen LogP contribution is -2.49. The molecule has 3 amide bonds. The average Bonchev–Trinajstić information content (AvgIpc) is 2.26. The van der Waals surface area contributed by atoms with Gasteiger partial charge in [-0.3, -0.25) is 10.1 Å². The third kappa shape index (κ3) is 4.88. The first-order chi connectivity index (χ1) is 7.74. The largest absolute Gasteiger partial charge is 0.324 e. The molecule has 0 aromatic carbocycles. The lowest BCUT2D eigenvalue weighted by atomic mass is 10.2. The van der Waals surface area contributed by atoms with Gasteiger partial charge >= 0.3 is 6.03 Å². The fourth-order valence-corrected chi connectivity index (χ4v) is 2.21. The standard InChI is InChI=1S/C11H20N2O2S/c1-16-9-5-3-2-4-7-13-8-6-10(14)12-11(13)15/h2-9H2,1H3,(H,12,14,15). The van der Waals surface area contributed by atoms with E-state index in [2.05, 4.69) is 11.6 Å². The molecule has 0 saturated carbocycles. The zero-order valence-electron chi connectivity index (χ0n) is 9.83. The zero-order valence-corrected chi connectivity index (χ0v) is 10.6. The Hall–Kier alpha value is -0.710. The van der Waals surface area contributed by atoms with E-state index in [1.807, 2.05) is 11.8 Å². The topological polar surface area (TPSA) is 49.4 Å². The molecule has 0 spiro atoms. The number of rotatable bonds is 7. The number of amides is 3. The quantitative estimate of drug-likeness (QED) is 0.695. The number of carbonyl (C=O) groups is 2. The minimum absolute atomic E-state index is 0.152. The second-order valence-corrected chi connectivity index (χ2v) is 4.98. The van der Waals surface area contributed by atoms with Gasteiger partial charge in [0.25, 0.3) is 0 Å². The summed E-state index contributed by atoms with van der Waals surface area (Å²) >= 11 is 1.88. The molecule has 1 fully saturated rings. The Morgan fingerprint density at radius 1 is 1.25 bits per heavy atom. The van der Waals surface area contributed by atoms with E-state index in [9.17, 15) is 9.59 Å². The molecule has 1 N–H and O–H groups in total. The van der Waals surface area contributed by atoms with Crippen LogP contribution in [0, 0.1) is 0 Å². The molecule has 0 aromatic heterocycles. The summed E-state index contributed by atoms with van der Waals surface area (Å²) in [5, 5.41) is 2.34. The molecule has 92 valence electrons. The number of unbranched alkanes of at least 4 members (excludes halogenated alkanes) is 3. The smallest absolute Gasteiger partial charge is 0.324 e. The number of hydrogen-bond acceptors (Lipinski definition) is 3. The number of hydrogen-bond donors (Lipinski definition) is 1. The van der Waals surface area contributed by atoms with Crippen LogP contribution in [0.15, 0.2) is 0 Å². The van der Waals surface area contributed by atoms with E-state index in [1.165, 1.54) is 18.6 Å². The Morgan fingerprint density at radius 3 is 2.69 bits per heavy atom. The van der Waals surface area contributed by atoms with E-state index in [0.717, 1.165) is 19.4 Å². The van der Waals surface area contributed by atoms with Crippen LogP contribution in [0.1, 0.15) is 32.1 Å². The summed E-state index contributed by atoms with van der Waals surface area (Å²) < 4.78 is 0. The van der Waals surface area contributed by atoms with Gasteiger partial charge in [0, 0.05) is 19.5 Å². The van der Waals surface area contributed by atoms with Gasteiger partial charge in [0.2, 0.25) is 5.91 Å². The molecule has 0 aromatic rings. The number of carbonyl (C=O) groups excluding carboxylic acids is 2. The molecule has 0 aliphatic carbocycles. The fraction of sp³-hybridized carbons (Fsp3) is 0.818. The van der Waals surface area contributed by atoms with Crippen molar-refractivity contribution in [2.45, 2.75) is 32.1 Å². The molecule has 0 bridgehead atoms. The second kappa shape index (κ2) is 7.54. The Balaban J connectivity index is 2.04. The summed E-state index contributed by atoms with van der Waals surface area (Å²) in [6.07, 6.45) is 7.25. The van der Waals surface area contributed by atoms with Gasteiger partial charge in [-0.15, -0.1) is 0 Å². The Kier molecular flexibility index (Phi) is 6.30. The third-order valence-electron chi connectivity index (χ3n) is 2.67. The van der Waals surface area contributed by atoms with Crippen molar-refractivity contribution in [3.63, 3.8) is 0 Å². The molecule has 1 aliphatic heterocycles. The number of imide groups is 1. The normalized spacial score (nSPS) is 16.4. The highest BCUT2D eigenvalue weighted by molar-refractivity contribution is 7.98. The molecule has 1 aliphatic rings. The van der Waals surface area contributed by atoms with Crippen LogP contribution in [0.2, 0.25) is 0 Å². The molecular formula is C11H20N2O2S. The highest BCUT2D eigenvalue weighted by Crippen LogP contribution is 2.07. The highest BCUT2D eigenvalue weighted by Gasteiger charge is 2.21. The molecule has 0 atom stereocenters. The van der Waals surface area contributed by atoms with E-state index in [-0.39, 0.29) is 11.9 Å². The lowest BCUT2D eigenvalue weighted by Gasteiger charge is -2.26. The molecule has 0 radical (unpaired) electrons. The Bertz CT molecular complexity index is 246. The van der Waals surface area contributed by atoms with Crippen LogP contribution >= 0.6 is 11.8 Å². The number of nitrogens with zero attached hydrogens (tertiary/aromatic N) is 1. The second-order valence-electron chi connectivity index (χ2n) is 4.00. The first-order valence-electron chi connectivity index (χ1n) is 5.81. The van der Waals surface area contributed by atoms with Crippen LogP contribution in [0.3, 0.4) is 0 Å². The molecule has 1 saturated heterocycles. The molecule has 5 heteroatoms. The van der Waals surface area contributed by atoms with Crippen molar-refractivity contribution >= 4 is 23.7 Å². The summed E-state index contributed by atoms with van der Waals surface area (Å²) in [7, 11) is 0. The predicted octanol–water partition coefficient (Wildman–Crippen LogP) is 1.85. The van der Waals surface area contributed by atoms with E-state index in [0.29, 0.717) is 13.0 Å². The van der Waals surface area contributed by atoms with Gasteiger partial charge in [0.1, 0.15) is 0 Å². The third-order valence-corrected chi connectivity index (χ3v) is 3.37. The Labute approximate surface area is 101 Å². The molecule has 0 unspecified atom stereocenters. The van der Waals surface area contributed by atoms with Crippen LogP contribution < -0.4 is 5.32 Å². The molecular weight excluding hydrogens is 224 g/mol. The Morgan fingerprint density at radius 2 is 2.00 bits per heavy atom. The minimum Gasteiger partial charge on any atom is -0.324 e. The maximum Gasteiger partial charge on any atom is 0.324 e. The highest BCUT2D eigenvalue weighted by atomic mass is 32.2. The fourth-order valence-electron chi connectivity index (χ4n) is 1.71. The van der Waals surface area contributed by atoms with Crippen LogP contribution in [-0.2, 0) is 4.79 Å². The summed E-state index contributed by atoms with van der Waals surface area (Å²) in [6, 6.07) is -0.222. The SMILES string of the molecule is CSCCCCCCN1CCC(=O)NC1=O. The van der Waals surface area contributed by atoms with Gasteiger partial charge in [-0.05, 0) is 24.9 Å². The summed E-state index contributed by atoms with van der Waals surface area (Å²) in [5.74, 6) is 1.07. The van der Waals surface area contributed by atoms with Gasteiger partial charge in [0.15, 0.2) is 0 Å². The molecule has 1 rings (SSSR count). The van der Waals surface area contributed by atoms with Crippen LogP contribution in [0.4, 0.5) is 4.79 Å². The van der Waals surface area contributed by atoms with Gasteiger partial charge in [-0.25, -0.2) is 4.79 Å². The summed E-state index contributed by atoms with van der Waals surface area (Å²) in [6.45, 7) is 1.36. The van der Waals surface area contributed by atoms with Gasteiger partial charge in [-0.1, -0.05) is 12.8 Å². The van der Waals surface area contributed by atoms with Crippen LogP contribution in [0.5, 0.6) is 0 Å². The maximum absolute atomic E-state index is 11.4. The molecule has 4 nitrogen and oxygen atoms in total. The van der Waals surface area contributed by atoms with Crippen molar-refractivity contribution in [3.8, 4) is 0 Å². The number of urea groups is 1. The first kappa shape index (κ1) is 13.4. The molecule has 1 heterocycles. The van der Waals surface area contributed by atoms with Crippen molar-refractivity contribution in [1.82, 2.24) is 10.2 Å². The monoisotopic (exact) mass is 244 g/mol. The lowest BCUT2D eigenvalue weighted by molar-refractivity contribution is -0.121. The molecule has 16 heavy (non-hydrogen) atoms. The summed E-state index contributed by atoms with van der Waals surface area (Å²) in [5.41, 5.74) is 0. The zero-order chi connectivity index (χ0) is 11.8. The van der Waals surface area contributed by atoms with Crippen molar-refractivity contribution in [1.29, 1.82) is 0 Å². The predicted molar refractivity (Wildman–Crippen MR) is 66.6 cm³/mol. The van der Waals surface area contributed by atoms with Crippen LogP contribution in [0.25, 0.3) is 0 Å². The van der Waals surface area contributed by atoms with Crippen molar-refractivity contribution < 1.29 is 9.59 Å². The van der Waals surface area contributed by atoms with Gasteiger partial charge < -0.3 is 4.90 Å². The van der Waals surface area contributed by atoms with Gasteiger partial charge in [-0.2, -0.15) is 11.8 Å². The van der Waals surface area contributed by atoms with E-state index in [4.69, 9.17) is 0 Å². The van der Waals surface area contributed by atoms with Crippen molar-refractivity contribution in [3.05, 3.63) is 0 Å². The minimum atomic E-state index is -0.222. The van der Waals surface area contributed by atoms with Crippen LogP contribution in [-0.4, -0.2) is 41.9 Å². The summed E-state index contributed by atoms with van der Waals surface area (Å²) in [4.78, 5) is 24.0.